The number of nitrogens with zero attached hydrogens (tertiary/aromatic N) is 1. The number of nitrogens with two attached hydrogens (primary N) is 1. The highest BCUT2D eigenvalue weighted by molar-refractivity contribution is 5.11. The Hall–Kier alpha value is -0.640. The van der Waals surface area contributed by atoms with Gasteiger partial charge in [-0.05, 0) is 12.3 Å². The smallest absolute Gasteiger partial charge is 0.0824 e. The summed E-state index contributed by atoms with van der Waals surface area (Å²) >= 11 is 0. The molecule has 2 unspecified atom stereocenters. The molecule has 1 heterocycles. The lowest BCUT2D eigenvalue weighted by Crippen LogP contribution is -2.47. The maximum Gasteiger partial charge on any atom is 0.0824 e. The average molecular weight is 208 g/mol. The molecule has 3 heteroatoms. The summed E-state index contributed by atoms with van der Waals surface area (Å²) in [5.41, 5.74) is 5.62. The van der Waals surface area contributed by atoms with Crippen LogP contribution in [0.3, 0.4) is 0 Å². The number of ether oxygens (including phenoxy) is 1. The van der Waals surface area contributed by atoms with Gasteiger partial charge >= 0.3 is 0 Å². The molecule has 0 amide bonds. The molecule has 0 aromatic rings. The van der Waals surface area contributed by atoms with Crippen molar-refractivity contribution in [2.75, 3.05) is 32.8 Å². The average Bonchev–Trinajstić information content (AvgIpc) is 2.31. The zero-order valence-corrected chi connectivity index (χ0v) is 9.14. The summed E-state index contributed by atoms with van der Waals surface area (Å²) in [4.78, 5) is 2.47. The summed E-state index contributed by atoms with van der Waals surface area (Å²) in [6.07, 6.45) is 10.2. The van der Waals surface area contributed by atoms with E-state index >= 15 is 0 Å². The molecule has 0 radical (unpaired) electrons. The second kappa shape index (κ2) is 5.45. The Morgan fingerprint density at radius 3 is 3.07 bits per heavy atom. The third-order valence-corrected chi connectivity index (χ3v) is 3.05. The lowest BCUT2D eigenvalue weighted by atomic mass is 10.00. The first-order valence-corrected chi connectivity index (χ1v) is 5.76. The molecule has 1 fully saturated rings. The van der Waals surface area contributed by atoms with E-state index in [4.69, 9.17) is 10.5 Å². The minimum Gasteiger partial charge on any atom is -0.374 e. The van der Waals surface area contributed by atoms with E-state index in [1.54, 1.807) is 0 Å². The SMILES string of the molecule is NCC1CN(CC2C=CC=CC2)CCO1. The van der Waals surface area contributed by atoms with Gasteiger partial charge < -0.3 is 10.5 Å². The van der Waals surface area contributed by atoms with Crippen molar-refractivity contribution in [3.05, 3.63) is 24.3 Å². The molecule has 2 aliphatic rings. The molecule has 2 rings (SSSR count). The summed E-state index contributed by atoms with van der Waals surface area (Å²) in [5, 5.41) is 0. The van der Waals surface area contributed by atoms with Crippen LogP contribution in [0, 0.1) is 5.92 Å². The number of hydrogen-bond acceptors (Lipinski definition) is 3. The lowest BCUT2D eigenvalue weighted by molar-refractivity contribution is -0.0259. The molecule has 1 aliphatic carbocycles. The Balaban J connectivity index is 1.78. The molecule has 3 nitrogen and oxygen atoms in total. The first kappa shape index (κ1) is 10.9. The molecular weight excluding hydrogens is 188 g/mol. The lowest BCUT2D eigenvalue weighted by Gasteiger charge is -2.34. The largest absolute Gasteiger partial charge is 0.374 e. The standard InChI is InChI=1S/C12H20N2O/c13-8-12-10-14(6-7-15-12)9-11-4-2-1-3-5-11/h1-4,11-12H,5-10,13H2. The Kier molecular flexibility index (Phi) is 3.94. The van der Waals surface area contributed by atoms with Gasteiger partial charge in [-0.15, -0.1) is 0 Å². The fourth-order valence-electron chi connectivity index (χ4n) is 2.19. The Bertz CT molecular complexity index is 250. The van der Waals surface area contributed by atoms with E-state index in [1.165, 1.54) is 6.42 Å². The van der Waals surface area contributed by atoms with Crippen molar-refractivity contribution in [3.8, 4) is 0 Å². The van der Waals surface area contributed by atoms with Crippen LogP contribution in [0.2, 0.25) is 0 Å². The van der Waals surface area contributed by atoms with E-state index in [0.717, 1.165) is 26.2 Å². The zero-order chi connectivity index (χ0) is 10.5. The Morgan fingerprint density at radius 1 is 1.40 bits per heavy atom. The van der Waals surface area contributed by atoms with Crippen LogP contribution in [-0.2, 0) is 4.74 Å². The molecule has 84 valence electrons. The van der Waals surface area contributed by atoms with Gasteiger partial charge in [0, 0.05) is 26.2 Å². The van der Waals surface area contributed by atoms with Crippen LogP contribution >= 0.6 is 0 Å². The van der Waals surface area contributed by atoms with Gasteiger partial charge in [0.15, 0.2) is 0 Å². The van der Waals surface area contributed by atoms with Gasteiger partial charge in [-0.2, -0.15) is 0 Å². The quantitative estimate of drug-likeness (QED) is 0.745. The molecule has 0 aromatic carbocycles. The van der Waals surface area contributed by atoms with Crippen molar-refractivity contribution in [2.24, 2.45) is 11.7 Å². The first-order valence-electron chi connectivity index (χ1n) is 5.76. The Morgan fingerprint density at radius 2 is 2.33 bits per heavy atom. The molecule has 0 aromatic heterocycles. The fourth-order valence-corrected chi connectivity index (χ4v) is 2.19. The van der Waals surface area contributed by atoms with Crippen molar-refractivity contribution < 1.29 is 4.74 Å². The van der Waals surface area contributed by atoms with E-state index in [0.29, 0.717) is 12.5 Å². The van der Waals surface area contributed by atoms with Crippen LogP contribution in [0.1, 0.15) is 6.42 Å². The maximum atomic E-state index is 5.62. The fraction of sp³-hybridized carbons (Fsp3) is 0.667. The number of morpholine rings is 1. The second-order valence-corrected chi connectivity index (χ2v) is 4.30. The highest BCUT2D eigenvalue weighted by Gasteiger charge is 2.20. The predicted molar refractivity (Wildman–Crippen MR) is 61.6 cm³/mol. The van der Waals surface area contributed by atoms with E-state index in [-0.39, 0.29) is 6.10 Å². The van der Waals surface area contributed by atoms with Gasteiger partial charge in [-0.25, -0.2) is 0 Å². The molecule has 2 N–H and O–H groups in total. The molecule has 2 atom stereocenters. The predicted octanol–water partition coefficient (Wildman–Crippen LogP) is 0.778. The van der Waals surface area contributed by atoms with Crippen LogP contribution < -0.4 is 5.73 Å². The van der Waals surface area contributed by atoms with E-state index < -0.39 is 0 Å². The van der Waals surface area contributed by atoms with Crippen molar-refractivity contribution in [2.45, 2.75) is 12.5 Å². The summed E-state index contributed by atoms with van der Waals surface area (Å²) in [6.45, 7) is 4.64. The zero-order valence-electron chi connectivity index (χ0n) is 9.14. The number of allylic oxidation sites excluding steroid dienone is 3. The monoisotopic (exact) mass is 208 g/mol. The highest BCUT2D eigenvalue weighted by atomic mass is 16.5. The van der Waals surface area contributed by atoms with Gasteiger partial charge in [-0.1, -0.05) is 24.3 Å². The van der Waals surface area contributed by atoms with Crippen LogP contribution in [0.5, 0.6) is 0 Å². The number of hydrogen-bond donors (Lipinski definition) is 1. The van der Waals surface area contributed by atoms with Crippen molar-refractivity contribution in [1.82, 2.24) is 4.90 Å². The normalized spacial score (nSPS) is 32.1. The maximum absolute atomic E-state index is 5.62. The minimum absolute atomic E-state index is 0.238. The Labute approximate surface area is 91.6 Å². The van der Waals surface area contributed by atoms with Gasteiger partial charge in [0.2, 0.25) is 0 Å². The van der Waals surface area contributed by atoms with Crippen molar-refractivity contribution in [3.63, 3.8) is 0 Å². The topological polar surface area (TPSA) is 38.5 Å². The van der Waals surface area contributed by atoms with E-state index in [2.05, 4.69) is 29.2 Å². The van der Waals surface area contributed by atoms with Gasteiger partial charge in [0.05, 0.1) is 12.7 Å². The second-order valence-electron chi connectivity index (χ2n) is 4.30. The van der Waals surface area contributed by atoms with Crippen LogP contribution in [-0.4, -0.2) is 43.8 Å². The first-order chi connectivity index (χ1) is 7.38. The highest BCUT2D eigenvalue weighted by Crippen LogP contribution is 2.15. The van der Waals surface area contributed by atoms with Gasteiger partial charge in [0.25, 0.3) is 0 Å². The van der Waals surface area contributed by atoms with Gasteiger partial charge in [0.1, 0.15) is 0 Å². The molecule has 0 bridgehead atoms. The van der Waals surface area contributed by atoms with E-state index in [1.807, 2.05) is 0 Å². The summed E-state index contributed by atoms with van der Waals surface area (Å²) in [7, 11) is 0. The van der Waals surface area contributed by atoms with Crippen LogP contribution in [0.15, 0.2) is 24.3 Å². The summed E-state index contributed by atoms with van der Waals surface area (Å²) in [6, 6.07) is 0. The summed E-state index contributed by atoms with van der Waals surface area (Å²) < 4.78 is 5.55. The summed E-state index contributed by atoms with van der Waals surface area (Å²) in [5.74, 6) is 0.673. The van der Waals surface area contributed by atoms with E-state index in [9.17, 15) is 0 Å². The van der Waals surface area contributed by atoms with Crippen LogP contribution in [0.4, 0.5) is 0 Å². The third kappa shape index (κ3) is 3.16. The van der Waals surface area contributed by atoms with Gasteiger partial charge in [-0.3, -0.25) is 4.90 Å². The van der Waals surface area contributed by atoms with Crippen molar-refractivity contribution in [1.29, 1.82) is 0 Å². The molecule has 0 saturated carbocycles. The minimum atomic E-state index is 0.238. The number of rotatable bonds is 3. The van der Waals surface area contributed by atoms with Crippen molar-refractivity contribution >= 4 is 0 Å². The molecule has 0 spiro atoms. The van der Waals surface area contributed by atoms with Crippen LogP contribution in [0.25, 0.3) is 0 Å². The molecule has 15 heavy (non-hydrogen) atoms. The third-order valence-electron chi connectivity index (χ3n) is 3.05. The molecule has 1 aliphatic heterocycles. The molecular formula is C12H20N2O. The molecule has 1 saturated heterocycles.